The van der Waals surface area contributed by atoms with E-state index in [0.717, 1.165) is 18.6 Å². The number of para-hydroxylation sites is 1. The smallest absolute Gasteiger partial charge is 0.159 e. The van der Waals surface area contributed by atoms with Crippen LogP contribution >= 0.6 is 0 Å². The molecular formula is C22H20O. The van der Waals surface area contributed by atoms with Gasteiger partial charge in [0.05, 0.1) is 0 Å². The Kier molecular flexibility index (Phi) is 3.42. The Hall–Kier alpha value is -2.54. The van der Waals surface area contributed by atoms with Gasteiger partial charge >= 0.3 is 0 Å². The van der Waals surface area contributed by atoms with Crippen LogP contribution in [0.15, 0.2) is 78.9 Å². The normalized spacial score (nSPS) is 19.7. The van der Waals surface area contributed by atoms with Crippen molar-refractivity contribution >= 4 is 0 Å². The summed E-state index contributed by atoms with van der Waals surface area (Å²) in [5, 5.41) is 0. The second kappa shape index (κ2) is 5.58. The van der Waals surface area contributed by atoms with E-state index in [0.29, 0.717) is 0 Å². The zero-order valence-electron chi connectivity index (χ0n) is 13.3. The Morgan fingerprint density at radius 1 is 0.739 bits per heavy atom. The van der Waals surface area contributed by atoms with E-state index in [1.54, 1.807) is 0 Å². The van der Waals surface area contributed by atoms with Gasteiger partial charge in [-0.3, -0.25) is 0 Å². The first-order valence-electron chi connectivity index (χ1n) is 8.17. The van der Waals surface area contributed by atoms with Crippen LogP contribution in [-0.4, -0.2) is 0 Å². The molecule has 0 saturated carbocycles. The van der Waals surface area contributed by atoms with Crippen LogP contribution in [0.2, 0.25) is 0 Å². The molecule has 0 spiro atoms. The lowest BCUT2D eigenvalue weighted by atomic mass is 9.79. The Morgan fingerprint density at radius 3 is 2.17 bits per heavy atom. The number of rotatable bonds is 2. The second-order valence-corrected chi connectivity index (χ2v) is 6.27. The molecule has 0 N–H and O–H groups in total. The fourth-order valence-corrected chi connectivity index (χ4v) is 3.46. The van der Waals surface area contributed by atoms with Crippen molar-refractivity contribution < 1.29 is 4.74 Å². The van der Waals surface area contributed by atoms with E-state index in [4.69, 9.17) is 4.74 Å². The van der Waals surface area contributed by atoms with Crippen molar-refractivity contribution in [2.75, 3.05) is 0 Å². The number of fused-ring (bicyclic) bond motifs is 1. The summed E-state index contributed by atoms with van der Waals surface area (Å²) >= 11 is 0. The molecule has 1 nitrogen and oxygen atoms in total. The molecule has 1 aliphatic heterocycles. The summed E-state index contributed by atoms with van der Waals surface area (Å²) in [5.74, 6) is 1.00. The molecule has 114 valence electrons. The van der Waals surface area contributed by atoms with Gasteiger partial charge in [-0.25, -0.2) is 0 Å². The Balaban J connectivity index is 1.88. The molecule has 1 heteroatoms. The van der Waals surface area contributed by atoms with Crippen LogP contribution in [0.4, 0.5) is 0 Å². The van der Waals surface area contributed by atoms with Crippen molar-refractivity contribution in [1.29, 1.82) is 0 Å². The van der Waals surface area contributed by atoms with Crippen LogP contribution in [-0.2, 0) is 12.0 Å². The molecule has 1 aliphatic rings. The molecule has 0 bridgehead atoms. The highest BCUT2D eigenvalue weighted by molar-refractivity contribution is 5.44. The van der Waals surface area contributed by atoms with E-state index in [-0.39, 0.29) is 0 Å². The summed E-state index contributed by atoms with van der Waals surface area (Å²) in [6, 6.07) is 27.7. The van der Waals surface area contributed by atoms with Crippen LogP contribution in [0, 0.1) is 6.92 Å². The average molecular weight is 300 g/mol. The number of ether oxygens (including phenoxy) is 1. The largest absolute Gasteiger partial charge is 0.478 e. The summed E-state index contributed by atoms with van der Waals surface area (Å²) in [7, 11) is 0. The SMILES string of the molecule is Cc1ccc(C2(c3ccccc3)CCc3ccccc3O2)cc1. The first-order chi connectivity index (χ1) is 11.3. The van der Waals surface area contributed by atoms with Gasteiger partial charge in [-0.2, -0.15) is 0 Å². The molecule has 0 aliphatic carbocycles. The van der Waals surface area contributed by atoms with Crippen molar-refractivity contribution in [3.8, 4) is 5.75 Å². The molecule has 1 atom stereocenters. The highest BCUT2D eigenvalue weighted by Crippen LogP contribution is 2.44. The van der Waals surface area contributed by atoms with Crippen LogP contribution in [0.5, 0.6) is 5.75 Å². The molecule has 0 amide bonds. The molecule has 0 saturated heterocycles. The minimum absolute atomic E-state index is 0.399. The van der Waals surface area contributed by atoms with Crippen molar-refractivity contribution in [1.82, 2.24) is 0 Å². The number of hydrogen-bond acceptors (Lipinski definition) is 1. The maximum atomic E-state index is 6.63. The molecule has 0 aromatic heterocycles. The zero-order chi connectivity index (χ0) is 15.7. The molecule has 23 heavy (non-hydrogen) atoms. The van der Waals surface area contributed by atoms with Gasteiger partial charge in [-0.1, -0.05) is 78.4 Å². The van der Waals surface area contributed by atoms with Crippen LogP contribution < -0.4 is 4.74 Å². The fraction of sp³-hybridized carbons (Fsp3) is 0.182. The van der Waals surface area contributed by atoms with E-state index >= 15 is 0 Å². The van der Waals surface area contributed by atoms with Crippen LogP contribution in [0.1, 0.15) is 28.7 Å². The third kappa shape index (κ3) is 2.43. The number of benzene rings is 3. The maximum absolute atomic E-state index is 6.63. The Bertz CT molecular complexity index is 805. The van der Waals surface area contributed by atoms with Gasteiger partial charge in [0.1, 0.15) is 5.75 Å². The topological polar surface area (TPSA) is 9.23 Å². The van der Waals surface area contributed by atoms with Gasteiger partial charge in [0.15, 0.2) is 5.60 Å². The van der Waals surface area contributed by atoms with E-state index in [1.165, 1.54) is 22.3 Å². The van der Waals surface area contributed by atoms with Crippen LogP contribution in [0.3, 0.4) is 0 Å². The summed E-state index contributed by atoms with van der Waals surface area (Å²) < 4.78 is 6.63. The van der Waals surface area contributed by atoms with E-state index in [9.17, 15) is 0 Å². The molecule has 1 unspecified atom stereocenters. The van der Waals surface area contributed by atoms with Gasteiger partial charge in [-0.15, -0.1) is 0 Å². The monoisotopic (exact) mass is 300 g/mol. The van der Waals surface area contributed by atoms with Crippen molar-refractivity contribution in [3.05, 3.63) is 101 Å². The first kappa shape index (κ1) is 14.1. The summed E-state index contributed by atoms with van der Waals surface area (Å²) in [6.07, 6.45) is 1.98. The Morgan fingerprint density at radius 2 is 1.39 bits per heavy atom. The molecule has 3 aromatic rings. The number of aryl methyl sites for hydroxylation is 2. The maximum Gasteiger partial charge on any atom is 0.159 e. The van der Waals surface area contributed by atoms with Gasteiger partial charge in [0.2, 0.25) is 0 Å². The minimum Gasteiger partial charge on any atom is -0.478 e. The van der Waals surface area contributed by atoms with Crippen molar-refractivity contribution in [2.24, 2.45) is 0 Å². The van der Waals surface area contributed by atoms with E-state index in [1.807, 2.05) is 0 Å². The molecule has 0 radical (unpaired) electrons. The molecule has 3 aromatic carbocycles. The average Bonchev–Trinajstić information content (AvgIpc) is 2.62. The highest BCUT2D eigenvalue weighted by atomic mass is 16.5. The number of hydrogen-bond donors (Lipinski definition) is 0. The quantitative estimate of drug-likeness (QED) is 0.627. The standard InChI is InChI=1S/C22H20O/c1-17-11-13-20(14-12-17)22(19-8-3-2-4-9-19)16-15-18-7-5-6-10-21(18)23-22/h2-14H,15-16H2,1H3. The molecule has 4 rings (SSSR count). The summed E-state index contributed by atoms with van der Waals surface area (Å²) in [4.78, 5) is 0. The predicted molar refractivity (Wildman–Crippen MR) is 93.8 cm³/mol. The van der Waals surface area contributed by atoms with Gasteiger partial charge in [0, 0.05) is 0 Å². The third-order valence-corrected chi connectivity index (χ3v) is 4.76. The zero-order valence-corrected chi connectivity index (χ0v) is 13.3. The summed E-state index contributed by atoms with van der Waals surface area (Å²) in [6.45, 7) is 2.12. The van der Waals surface area contributed by atoms with Gasteiger partial charge in [0.25, 0.3) is 0 Å². The van der Waals surface area contributed by atoms with Gasteiger partial charge in [-0.05, 0) is 42.5 Å². The lowest BCUT2D eigenvalue weighted by Gasteiger charge is -2.39. The predicted octanol–water partition coefficient (Wildman–Crippen LogP) is 5.26. The van der Waals surface area contributed by atoms with Crippen molar-refractivity contribution in [2.45, 2.75) is 25.4 Å². The van der Waals surface area contributed by atoms with Crippen LogP contribution in [0.25, 0.3) is 0 Å². The third-order valence-electron chi connectivity index (χ3n) is 4.76. The molecule has 1 heterocycles. The lowest BCUT2D eigenvalue weighted by molar-refractivity contribution is 0.0850. The van der Waals surface area contributed by atoms with E-state index < -0.39 is 5.60 Å². The van der Waals surface area contributed by atoms with Crippen molar-refractivity contribution in [3.63, 3.8) is 0 Å². The lowest BCUT2D eigenvalue weighted by Crippen LogP contribution is -2.38. The minimum atomic E-state index is -0.399. The first-order valence-corrected chi connectivity index (χ1v) is 8.17. The Labute approximate surface area is 137 Å². The van der Waals surface area contributed by atoms with Gasteiger partial charge < -0.3 is 4.74 Å². The van der Waals surface area contributed by atoms with E-state index in [2.05, 4.69) is 85.8 Å². The second-order valence-electron chi connectivity index (χ2n) is 6.27. The fourth-order valence-electron chi connectivity index (χ4n) is 3.46. The summed E-state index contributed by atoms with van der Waals surface area (Å²) in [5.41, 5.74) is 4.62. The molecular weight excluding hydrogens is 280 g/mol. The highest BCUT2D eigenvalue weighted by Gasteiger charge is 2.39. The molecule has 0 fully saturated rings.